The number of carbonyl (C=O) groups is 2. The number of nitrogens with one attached hydrogen (secondary N) is 2. The van der Waals surface area contributed by atoms with E-state index in [1.54, 1.807) is 6.92 Å². The van der Waals surface area contributed by atoms with Crippen molar-refractivity contribution < 1.29 is 27.9 Å². The van der Waals surface area contributed by atoms with Crippen molar-refractivity contribution in [3.05, 3.63) is 24.0 Å². The topological polar surface area (TPSA) is 94.6 Å². The normalized spacial score (nSPS) is 18.6. The lowest BCUT2D eigenvalue weighted by Crippen LogP contribution is -2.44. The minimum absolute atomic E-state index is 0.0792. The van der Waals surface area contributed by atoms with Crippen LogP contribution in [0.25, 0.3) is 0 Å². The van der Waals surface area contributed by atoms with Crippen LogP contribution in [-0.4, -0.2) is 60.4 Å². The number of pyridine rings is 1. The average molecular weight is 416 g/mol. The highest BCUT2D eigenvalue weighted by atomic mass is 19.4. The standard InChI is InChI=1S/C17H26N4O.C2HF3O2/c1-13(22)20-15-5-10-21(11-6-15)16-4-9-19-17(12-16)14-2-7-18-8-3-14;3-2(4,5)1(6)7/h4,9,12,14-15,18H,2-3,5-8,10-11H2,1H3,(H,20,22);(H,6,7). The summed E-state index contributed by atoms with van der Waals surface area (Å²) in [5.41, 5.74) is 2.52. The smallest absolute Gasteiger partial charge is 0.475 e. The Hall–Kier alpha value is -2.36. The molecule has 0 spiro atoms. The number of aliphatic carboxylic acids is 1. The first-order valence-corrected chi connectivity index (χ1v) is 9.65. The Morgan fingerprint density at radius 1 is 1.21 bits per heavy atom. The highest BCUT2D eigenvalue weighted by molar-refractivity contribution is 5.73. The van der Waals surface area contributed by atoms with Gasteiger partial charge in [0.05, 0.1) is 0 Å². The van der Waals surface area contributed by atoms with Gasteiger partial charge in [0.2, 0.25) is 5.91 Å². The minimum Gasteiger partial charge on any atom is -0.475 e. The van der Waals surface area contributed by atoms with Gasteiger partial charge in [-0.3, -0.25) is 9.78 Å². The van der Waals surface area contributed by atoms with Crippen molar-refractivity contribution in [1.82, 2.24) is 15.6 Å². The van der Waals surface area contributed by atoms with Crippen LogP contribution in [0.1, 0.15) is 44.2 Å². The van der Waals surface area contributed by atoms with Crippen LogP contribution in [0, 0.1) is 0 Å². The van der Waals surface area contributed by atoms with Crippen LogP contribution in [-0.2, 0) is 9.59 Å². The molecule has 0 radical (unpaired) electrons. The Morgan fingerprint density at radius 2 is 1.79 bits per heavy atom. The van der Waals surface area contributed by atoms with Gasteiger partial charge in [0.15, 0.2) is 0 Å². The molecule has 2 aliphatic rings. The Balaban J connectivity index is 0.000000370. The number of rotatable bonds is 3. The predicted molar refractivity (Wildman–Crippen MR) is 102 cm³/mol. The average Bonchev–Trinajstić information content (AvgIpc) is 2.69. The quantitative estimate of drug-likeness (QED) is 0.700. The van der Waals surface area contributed by atoms with Crippen molar-refractivity contribution in [2.45, 2.75) is 50.7 Å². The van der Waals surface area contributed by atoms with Crippen molar-refractivity contribution >= 4 is 17.6 Å². The summed E-state index contributed by atoms with van der Waals surface area (Å²) in [5.74, 6) is -2.08. The van der Waals surface area contributed by atoms with E-state index in [1.807, 2.05) is 6.20 Å². The maximum Gasteiger partial charge on any atom is 0.490 e. The van der Waals surface area contributed by atoms with Gasteiger partial charge in [-0.15, -0.1) is 0 Å². The summed E-state index contributed by atoms with van der Waals surface area (Å²) in [6.07, 6.45) is 1.27. The van der Waals surface area contributed by atoms with Crippen molar-refractivity contribution in [1.29, 1.82) is 0 Å². The number of nitrogens with zero attached hydrogens (tertiary/aromatic N) is 2. The molecular weight excluding hydrogens is 389 g/mol. The first kappa shape index (κ1) is 22.9. The minimum atomic E-state index is -5.08. The van der Waals surface area contributed by atoms with Crippen LogP contribution in [0.4, 0.5) is 18.9 Å². The number of aromatic nitrogens is 1. The number of carboxylic acids is 1. The zero-order valence-electron chi connectivity index (χ0n) is 16.3. The van der Waals surface area contributed by atoms with E-state index in [2.05, 4.69) is 32.7 Å². The van der Waals surface area contributed by atoms with Gasteiger partial charge in [-0.1, -0.05) is 0 Å². The third-order valence-electron chi connectivity index (χ3n) is 5.03. The number of piperidine rings is 2. The summed E-state index contributed by atoms with van der Waals surface area (Å²) in [7, 11) is 0. The molecule has 29 heavy (non-hydrogen) atoms. The summed E-state index contributed by atoms with van der Waals surface area (Å²) in [6, 6.07) is 4.72. The van der Waals surface area contributed by atoms with Crippen molar-refractivity contribution in [2.75, 3.05) is 31.1 Å². The molecule has 7 nitrogen and oxygen atoms in total. The molecule has 3 rings (SSSR count). The summed E-state index contributed by atoms with van der Waals surface area (Å²) in [4.78, 5) is 27.1. The van der Waals surface area contributed by atoms with E-state index in [1.165, 1.54) is 24.2 Å². The first-order chi connectivity index (χ1) is 13.7. The third-order valence-corrected chi connectivity index (χ3v) is 5.03. The number of carboxylic acid groups (broad SMARTS) is 1. The van der Waals surface area contributed by atoms with Gasteiger partial charge >= 0.3 is 12.1 Å². The van der Waals surface area contributed by atoms with Crippen molar-refractivity contribution in [3.8, 4) is 0 Å². The summed E-state index contributed by atoms with van der Waals surface area (Å²) >= 11 is 0. The number of anilines is 1. The second-order valence-corrected chi connectivity index (χ2v) is 7.23. The van der Waals surface area contributed by atoms with Crippen LogP contribution in [0.3, 0.4) is 0 Å². The molecule has 2 saturated heterocycles. The van der Waals surface area contributed by atoms with E-state index in [4.69, 9.17) is 9.90 Å². The van der Waals surface area contributed by atoms with E-state index in [0.29, 0.717) is 12.0 Å². The van der Waals surface area contributed by atoms with Gasteiger partial charge in [-0.2, -0.15) is 13.2 Å². The van der Waals surface area contributed by atoms with Crippen molar-refractivity contribution in [2.24, 2.45) is 0 Å². The lowest BCUT2D eigenvalue weighted by molar-refractivity contribution is -0.192. The van der Waals surface area contributed by atoms with Crippen molar-refractivity contribution in [3.63, 3.8) is 0 Å². The van der Waals surface area contributed by atoms with Gasteiger partial charge < -0.3 is 20.6 Å². The van der Waals surface area contributed by atoms with E-state index in [-0.39, 0.29) is 5.91 Å². The summed E-state index contributed by atoms with van der Waals surface area (Å²) in [6.45, 7) is 5.79. The number of alkyl halides is 3. The van der Waals surface area contributed by atoms with E-state index in [0.717, 1.165) is 39.0 Å². The van der Waals surface area contributed by atoms with Gasteiger partial charge in [-0.05, 0) is 50.9 Å². The first-order valence-electron chi connectivity index (χ1n) is 9.65. The van der Waals surface area contributed by atoms with Gasteiger partial charge in [0, 0.05) is 49.6 Å². The van der Waals surface area contributed by atoms with E-state index < -0.39 is 12.1 Å². The number of hydrogen-bond donors (Lipinski definition) is 3. The van der Waals surface area contributed by atoms with Gasteiger partial charge in [0.25, 0.3) is 0 Å². The van der Waals surface area contributed by atoms with Crippen LogP contribution < -0.4 is 15.5 Å². The second kappa shape index (κ2) is 10.4. The monoisotopic (exact) mass is 416 g/mol. The zero-order chi connectivity index (χ0) is 21.4. The molecule has 0 bridgehead atoms. The molecule has 1 aromatic rings. The maximum absolute atomic E-state index is 11.1. The fourth-order valence-electron chi connectivity index (χ4n) is 3.54. The SMILES string of the molecule is CC(=O)NC1CCN(c2ccnc(C3CCNCC3)c2)CC1.O=C(O)C(F)(F)F. The Labute approximate surface area is 167 Å². The number of halogens is 3. The highest BCUT2D eigenvalue weighted by Crippen LogP contribution is 2.27. The Morgan fingerprint density at radius 3 is 2.31 bits per heavy atom. The summed E-state index contributed by atoms with van der Waals surface area (Å²) in [5, 5.41) is 13.6. The fourth-order valence-corrected chi connectivity index (χ4v) is 3.54. The molecule has 2 fully saturated rings. The molecule has 1 aromatic heterocycles. The molecule has 2 aliphatic heterocycles. The third kappa shape index (κ3) is 7.52. The summed E-state index contributed by atoms with van der Waals surface area (Å²) < 4.78 is 31.7. The maximum atomic E-state index is 11.1. The predicted octanol–water partition coefficient (Wildman–Crippen LogP) is 2.29. The largest absolute Gasteiger partial charge is 0.490 e. The Kier molecular flexibility index (Phi) is 8.24. The molecule has 10 heteroatoms. The van der Waals surface area contributed by atoms with Crippen LogP contribution in [0.2, 0.25) is 0 Å². The molecule has 1 amide bonds. The number of carbonyl (C=O) groups excluding carboxylic acids is 1. The Bertz CT molecular complexity index is 686. The van der Waals surface area contributed by atoms with Crippen LogP contribution in [0.5, 0.6) is 0 Å². The lowest BCUT2D eigenvalue weighted by Gasteiger charge is -2.34. The molecular formula is C19H27F3N4O3. The molecule has 0 saturated carbocycles. The molecule has 3 N–H and O–H groups in total. The molecule has 162 valence electrons. The second-order valence-electron chi connectivity index (χ2n) is 7.23. The molecule has 3 heterocycles. The van der Waals surface area contributed by atoms with Gasteiger partial charge in [-0.25, -0.2) is 4.79 Å². The molecule has 0 aromatic carbocycles. The van der Waals surface area contributed by atoms with E-state index >= 15 is 0 Å². The number of amides is 1. The fraction of sp³-hybridized carbons (Fsp3) is 0.632. The molecule has 0 atom stereocenters. The van der Waals surface area contributed by atoms with Crippen LogP contribution in [0.15, 0.2) is 18.3 Å². The molecule has 0 unspecified atom stereocenters. The van der Waals surface area contributed by atoms with Gasteiger partial charge in [0.1, 0.15) is 0 Å². The lowest BCUT2D eigenvalue weighted by atomic mass is 9.93. The zero-order valence-corrected chi connectivity index (χ0v) is 16.3. The van der Waals surface area contributed by atoms with Crippen LogP contribution >= 0.6 is 0 Å². The number of hydrogen-bond acceptors (Lipinski definition) is 5. The molecule has 0 aliphatic carbocycles. The van der Waals surface area contributed by atoms with E-state index in [9.17, 15) is 18.0 Å². The highest BCUT2D eigenvalue weighted by Gasteiger charge is 2.38.